The lowest BCUT2D eigenvalue weighted by Crippen LogP contribution is -2.44. The predicted molar refractivity (Wildman–Crippen MR) is 53.3 cm³/mol. The molecular formula is C10H8N3O2+. The Morgan fingerprint density at radius 1 is 1.53 bits per heavy atom. The first-order valence-corrected chi connectivity index (χ1v) is 4.26. The van der Waals surface area contributed by atoms with Crippen molar-refractivity contribution in [3.8, 4) is 0 Å². The fraction of sp³-hybridized carbons (Fsp3) is 0.100. The van der Waals surface area contributed by atoms with Crippen molar-refractivity contribution in [2.24, 2.45) is 0 Å². The first-order valence-electron chi connectivity index (χ1n) is 4.26. The molecule has 3 amide bonds. The zero-order valence-electron chi connectivity index (χ0n) is 8.10. The lowest BCUT2D eigenvalue weighted by atomic mass is 10.2. The molecule has 0 N–H and O–H groups in total. The van der Waals surface area contributed by atoms with Crippen LogP contribution in [0.2, 0.25) is 0 Å². The highest BCUT2D eigenvalue weighted by Crippen LogP contribution is 2.22. The molecule has 1 aromatic heterocycles. The van der Waals surface area contributed by atoms with Crippen LogP contribution in [0.15, 0.2) is 24.9 Å². The van der Waals surface area contributed by atoms with Crippen molar-refractivity contribution in [2.75, 3.05) is 11.9 Å². The van der Waals surface area contributed by atoms with Gasteiger partial charge in [0.05, 0.1) is 12.9 Å². The van der Waals surface area contributed by atoms with E-state index in [2.05, 4.69) is 17.4 Å². The van der Waals surface area contributed by atoms with Gasteiger partial charge in [0.2, 0.25) is 5.69 Å². The van der Waals surface area contributed by atoms with Crippen molar-refractivity contribution in [1.82, 2.24) is 4.98 Å². The fourth-order valence-corrected chi connectivity index (χ4v) is 1.42. The van der Waals surface area contributed by atoms with Gasteiger partial charge in [-0.25, -0.2) is 9.78 Å². The van der Waals surface area contributed by atoms with E-state index in [1.807, 2.05) is 0 Å². The van der Waals surface area contributed by atoms with Gasteiger partial charge in [-0.3, -0.25) is 0 Å². The van der Waals surface area contributed by atoms with Crippen LogP contribution < -0.4 is 4.90 Å². The second-order valence-corrected chi connectivity index (χ2v) is 3.01. The van der Waals surface area contributed by atoms with Gasteiger partial charge in [-0.1, -0.05) is 4.58 Å². The second-order valence-electron chi connectivity index (χ2n) is 3.01. The van der Waals surface area contributed by atoms with Gasteiger partial charge in [0.1, 0.15) is 0 Å². The Morgan fingerprint density at radius 3 is 2.93 bits per heavy atom. The standard InChI is InChI=1S/C10H8N3O2/c1-3-13-9(14)8-7(5-4-6-11-8)12(2)10(13)15/h4-6H,1H2,2H3/q+1. The highest BCUT2D eigenvalue weighted by molar-refractivity contribution is 6.08. The number of urea groups is 1. The van der Waals surface area contributed by atoms with E-state index in [1.165, 1.54) is 11.1 Å². The maximum Gasteiger partial charge on any atom is 0.514 e. The van der Waals surface area contributed by atoms with E-state index >= 15 is 0 Å². The number of rotatable bonds is 0. The SMILES string of the molecule is C=C=[N+]1C(=O)c2ncccc2N(C)C1=O. The van der Waals surface area contributed by atoms with Crippen LogP contribution in [0.25, 0.3) is 0 Å². The topological polar surface area (TPSA) is 53.3 Å². The van der Waals surface area contributed by atoms with E-state index in [-0.39, 0.29) is 5.69 Å². The van der Waals surface area contributed by atoms with Crippen molar-refractivity contribution in [1.29, 1.82) is 0 Å². The van der Waals surface area contributed by atoms with Crippen LogP contribution in [0.5, 0.6) is 0 Å². The fourth-order valence-electron chi connectivity index (χ4n) is 1.42. The third-order valence-corrected chi connectivity index (χ3v) is 2.19. The van der Waals surface area contributed by atoms with E-state index < -0.39 is 11.9 Å². The Kier molecular flexibility index (Phi) is 1.95. The molecule has 0 bridgehead atoms. The number of imide groups is 1. The minimum absolute atomic E-state index is 0.232. The number of pyridine rings is 1. The summed E-state index contributed by atoms with van der Waals surface area (Å²) in [4.78, 5) is 28.6. The number of carbonyl (C=O) groups is 2. The van der Waals surface area contributed by atoms with Gasteiger partial charge < -0.3 is 0 Å². The summed E-state index contributed by atoms with van der Waals surface area (Å²) in [5.41, 5.74) is 0.731. The number of hydrogen-bond acceptors (Lipinski definition) is 3. The number of amides is 3. The normalized spacial score (nSPS) is 15.0. The molecule has 1 aromatic rings. The molecule has 1 aliphatic rings. The highest BCUT2D eigenvalue weighted by atomic mass is 16.2. The summed E-state index contributed by atoms with van der Waals surface area (Å²) in [7, 11) is 1.57. The van der Waals surface area contributed by atoms with E-state index in [4.69, 9.17) is 0 Å². The quantitative estimate of drug-likeness (QED) is 0.581. The van der Waals surface area contributed by atoms with Gasteiger partial charge in [-0.2, -0.15) is 9.69 Å². The Labute approximate surface area is 86.0 Å². The Balaban J connectivity index is 2.73. The third-order valence-electron chi connectivity index (χ3n) is 2.19. The number of nitrogens with zero attached hydrogens (tertiary/aromatic N) is 3. The molecule has 0 fully saturated rings. The van der Waals surface area contributed by atoms with Crippen molar-refractivity contribution in [2.45, 2.75) is 0 Å². The molecule has 5 nitrogen and oxygen atoms in total. The van der Waals surface area contributed by atoms with Gasteiger partial charge in [0.25, 0.3) is 0 Å². The molecule has 5 heteroatoms. The van der Waals surface area contributed by atoms with Gasteiger partial charge in [-0.05, 0) is 18.7 Å². The molecule has 74 valence electrons. The highest BCUT2D eigenvalue weighted by Gasteiger charge is 2.40. The van der Waals surface area contributed by atoms with Crippen molar-refractivity contribution >= 4 is 23.5 Å². The van der Waals surface area contributed by atoms with Crippen LogP contribution in [0.1, 0.15) is 10.5 Å². The molecule has 0 saturated carbocycles. The van der Waals surface area contributed by atoms with Crippen LogP contribution in [-0.2, 0) is 0 Å². The summed E-state index contributed by atoms with van der Waals surface area (Å²) < 4.78 is 0.815. The van der Waals surface area contributed by atoms with Crippen LogP contribution >= 0.6 is 0 Å². The molecular weight excluding hydrogens is 194 g/mol. The van der Waals surface area contributed by atoms with Gasteiger partial charge >= 0.3 is 11.9 Å². The number of carbonyl (C=O) groups excluding carboxylic acids is 2. The Bertz CT molecular complexity index is 515. The van der Waals surface area contributed by atoms with E-state index in [1.54, 1.807) is 19.2 Å². The second kappa shape index (κ2) is 3.15. The molecule has 0 unspecified atom stereocenters. The monoisotopic (exact) mass is 202 g/mol. The number of aromatic nitrogens is 1. The van der Waals surface area contributed by atoms with Gasteiger partial charge in [-0.15, -0.1) is 0 Å². The van der Waals surface area contributed by atoms with Gasteiger partial charge in [0.15, 0.2) is 5.69 Å². The molecule has 1 aliphatic heterocycles. The number of hydrogen-bond donors (Lipinski definition) is 0. The summed E-state index contributed by atoms with van der Waals surface area (Å²) in [6.07, 6.45) is 1.50. The molecule has 0 radical (unpaired) electrons. The summed E-state index contributed by atoms with van der Waals surface area (Å²) in [5, 5.41) is 0. The summed E-state index contributed by atoms with van der Waals surface area (Å²) in [5.74, 6) is 1.78. The molecule has 0 atom stereocenters. The van der Waals surface area contributed by atoms with Crippen molar-refractivity contribution in [3.63, 3.8) is 0 Å². The largest absolute Gasteiger partial charge is 0.514 e. The summed E-state index contributed by atoms with van der Waals surface area (Å²) in [6.45, 7) is 3.30. The van der Waals surface area contributed by atoms with Crippen LogP contribution in [0, 0.1) is 0 Å². The molecule has 0 aliphatic carbocycles. The smallest absolute Gasteiger partial charge is 0.245 e. The maximum absolute atomic E-state index is 11.7. The van der Waals surface area contributed by atoms with E-state index in [0.717, 1.165) is 4.58 Å². The molecule has 0 saturated heterocycles. The molecule has 2 heterocycles. The molecule has 15 heavy (non-hydrogen) atoms. The summed E-state index contributed by atoms with van der Waals surface area (Å²) in [6, 6.07) is 2.86. The average Bonchev–Trinajstić information content (AvgIpc) is 2.27. The molecule has 2 rings (SSSR count). The van der Waals surface area contributed by atoms with Gasteiger partial charge in [0, 0.05) is 6.20 Å². The first kappa shape index (κ1) is 9.30. The van der Waals surface area contributed by atoms with E-state index in [9.17, 15) is 9.59 Å². The Morgan fingerprint density at radius 2 is 2.27 bits per heavy atom. The van der Waals surface area contributed by atoms with Crippen molar-refractivity contribution in [3.05, 3.63) is 30.6 Å². The first-order chi connectivity index (χ1) is 7.16. The third kappa shape index (κ3) is 1.18. The summed E-state index contributed by atoms with van der Waals surface area (Å²) >= 11 is 0. The van der Waals surface area contributed by atoms with Crippen LogP contribution in [0.4, 0.5) is 10.5 Å². The zero-order chi connectivity index (χ0) is 11.0. The lowest BCUT2D eigenvalue weighted by Gasteiger charge is -2.16. The average molecular weight is 202 g/mol. The Hall–Kier alpha value is -2.26. The van der Waals surface area contributed by atoms with Crippen LogP contribution in [0.3, 0.4) is 0 Å². The number of anilines is 1. The van der Waals surface area contributed by atoms with E-state index in [0.29, 0.717) is 5.69 Å². The molecule has 0 aromatic carbocycles. The van der Waals surface area contributed by atoms with Crippen LogP contribution in [-0.4, -0.2) is 34.4 Å². The predicted octanol–water partition coefficient (Wildman–Crippen LogP) is 0.660. The maximum atomic E-state index is 11.7. The van der Waals surface area contributed by atoms with Crippen molar-refractivity contribution < 1.29 is 14.2 Å². The minimum Gasteiger partial charge on any atom is -0.245 e. The molecule has 0 spiro atoms. The zero-order valence-corrected chi connectivity index (χ0v) is 8.10. The lowest BCUT2D eigenvalue weighted by molar-refractivity contribution is -0.318. The number of fused-ring (bicyclic) bond motifs is 1. The minimum atomic E-state index is -0.497.